The van der Waals surface area contributed by atoms with Crippen molar-refractivity contribution in [3.05, 3.63) is 52.4 Å². The molecule has 130 valence electrons. The van der Waals surface area contributed by atoms with Crippen molar-refractivity contribution >= 4 is 5.91 Å². The number of hydrogen-bond acceptors (Lipinski definition) is 4. The number of hydrogen-bond donors (Lipinski definition) is 1. The molecule has 0 saturated heterocycles. The van der Waals surface area contributed by atoms with E-state index in [9.17, 15) is 13.6 Å². The number of amides is 1. The molecule has 7 heteroatoms. The van der Waals surface area contributed by atoms with Crippen molar-refractivity contribution in [3.63, 3.8) is 0 Å². The number of aromatic nitrogens is 1. The maximum atomic E-state index is 14.1. The first-order chi connectivity index (χ1) is 11.2. The molecular weight excluding hydrogens is 316 g/mol. The molecular formula is C17H21F2N3O2. The number of likely N-dealkylation sites (N-methyl/N-ethyl adjacent to an activating group) is 1. The number of benzene rings is 1. The maximum Gasteiger partial charge on any atom is 0.242 e. The normalized spacial score (nSPS) is 13.8. The molecule has 0 aliphatic heterocycles. The summed E-state index contributed by atoms with van der Waals surface area (Å²) in [5.41, 5.74) is 1.15. The number of aryl methyl sites for hydroxylation is 2. The molecule has 0 saturated carbocycles. The van der Waals surface area contributed by atoms with Gasteiger partial charge in [0.15, 0.2) is 0 Å². The van der Waals surface area contributed by atoms with Gasteiger partial charge in [0.05, 0.1) is 17.3 Å². The van der Waals surface area contributed by atoms with Crippen molar-refractivity contribution in [3.8, 4) is 0 Å². The largest absolute Gasteiger partial charge is 0.361 e. The summed E-state index contributed by atoms with van der Waals surface area (Å²) in [5, 5.41) is 6.64. The van der Waals surface area contributed by atoms with E-state index in [1.165, 1.54) is 11.0 Å². The van der Waals surface area contributed by atoms with Crippen molar-refractivity contribution in [2.24, 2.45) is 0 Å². The third-order valence-corrected chi connectivity index (χ3v) is 3.92. The Labute approximate surface area is 139 Å². The van der Waals surface area contributed by atoms with Crippen LogP contribution in [0.25, 0.3) is 0 Å². The van der Waals surface area contributed by atoms with Crippen molar-refractivity contribution < 1.29 is 18.1 Å². The molecule has 0 bridgehead atoms. The smallest absolute Gasteiger partial charge is 0.242 e. The van der Waals surface area contributed by atoms with Crippen LogP contribution >= 0.6 is 0 Å². The van der Waals surface area contributed by atoms with Gasteiger partial charge in [-0.3, -0.25) is 9.69 Å². The van der Waals surface area contributed by atoms with Gasteiger partial charge in [-0.05, 0) is 47.0 Å². The van der Waals surface area contributed by atoms with E-state index in [1.54, 1.807) is 34.9 Å². The van der Waals surface area contributed by atoms with Crippen LogP contribution in [0, 0.1) is 25.5 Å². The molecule has 0 fully saturated rings. The van der Waals surface area contributed by atoms with Crippen LogP contribution in [0.15, 0.2) is 22.7 Å². The average Bonchev–Trinajstić information content (AvgIpc) is 2.81. The van der Waals surface area contributed by atoms with E-state index in [1.807, 2.05) is 0 Å². The molecule has 0 spiro atoms. The lowest BCUT2D eigenvalue weighted by molar-refractivity contribution is -0.126. The number of carbonyl (C=O) groups excluding carboxylic acids is 1. The zero-order valence-corrected chi connectivity index (χ0v) is 14.4. The zero-order chi connectivity index (χ0) is 18.0. The summed E-state index contributed by atoms with van der Waals surface area (Å²) in [5.74, 6) is -1.42. The molecule has 1 aromatic carbocycles. The Hall–Kier alpha value is -2.28. The topological polar surface area (TPSA) is 58.4 Å². The van der Waals surface area contributed by atoms with Gasteiger partial charge in [-0.25, -0.2) is 8.78 Å². The van der Waals surface area contributed by atoms with E-state index in [0.717, 1.165) is 17.7 Å². The molecule has 0 aliphatic carbocycles. The van der Waals surface area contributed by atoms with Gasteiger partial charge < -0.3 is 9.84 Å². The number of nitrogens with one attached hydrogen (secondary N) is 1. The van der Waals surface area contributed by atoms with Crippen molar-refractivity contribution in [1.29, 1.82) is 0 Å². The average molecular weight is 337 g/mol. The summed E-state index contributed by atoms with van der Waals surface area (Å²) in [6.45, 7) is 5.29. The second-order valence-corrected chi connectivity index (χ2v) is 5.97. The van der Waals surface area contributed by atoms with E-state index in [4.69, 9.17) is 4.52 Å². The number of carbonyl (C=O) groups is 1. The third-order valence-electron chi connectivity index (χ3n) is 3.92. The second kappa shape index (κ2) is 7.09. The third kappa shape index (κ3) is 3.46. The lowest BCUT2D eigenvalue weighted by Gasteiger charge is -2.26. The Bertz CT molecular complexity index is 704. The Morgan fingerprint density at radius 3 is 2.25 bits per heavy atom. The molecule has 1 heterocycles. The minimum Gasteiger partial charge on any atom is -0.361 e. The fraction of sp³-hybridized carbons (Fsp3) is 0.412. The fourth-order valence-corrected chi connectivity index (χ4v) is 2.87. The minimum absolute atomic E-state index is 0.272. The number of halogens is 2. The van der Waals surface area contributed by atoms with Gasteiger partial charge in [0.1, 0.15) is 23.4 Å². The molecule has 24 heavy (non-hydrogen) atoms. The standard InChI is InChI=1S/C17H21F2N3O2/c1-9(14-10(2)21-24-11(14)3)20-17(23)16(22(4)5)15-12(18)7-6-8-13(15)19/h6-9,16H,1-5H3,(H,20,23)/t9-,16-/m0/s1. The van der Waals surface area contributed by atoms with E-state index in [2.05, 4.69) is 10.5 Å². The summed E-state index contributed by atoms with van der Waals surface area (Å²) in [6.07, 6.45) is 0. The molecule has 0 aliphatic rings. The molecule has 1 N–H and O–H groups in total. The molecule has 5 nitrogen and oxygen atoms in total. The van der Waals surface area contributed by atoms with Gasteiger partial charge in [0.25, 0.3) is 0 Å². The van der Waals surface area contributed by atoms with Crippen LogP contribution in [0.2, 0.25) is 0 Å². The molecule has 1 aromatic heterocycles. The summed E-state index contributed by atoms with van der Waals surface area (Å²) in [6, 6.07) is 2.06. The van der Waals surface area contributed by atoms with E-state index < -0.39 is 29.6 Å². The van der Waals surface area contributed by atoms with Gasteiger partial charge >= 0.3 is 0 Å². The highest BCUT2D eigenvalue weighted by Crippen LogP contribution is 2.27. The van der Waals surface area contributed by atoms with Gasteiger partial charge in [-0.1, -0.05) is 11.2 Å². The van der Waals surface area contributed by atoms with Crippen LogP contribution in [-0.4, -0.2) is 30.1 Å². The quantitative estimate of drug-likeness (QED) is 0.911. The predicted octanol–water partition coefficient (Wildman–Crippen LogP) is 3.05. The van der Waals surface area contributed by atoms with Crippen LogP contribution in [0.3, 0.4) is 0 Å². The van der Waals surface area contributed by atoms with Gasteiger partial charge in [-0.2, -0.15) is 0 Å². The molecule has 2 rings (SSSR count). The van der Waals surface area contributed by atoms with Crippen molar-refractivity contribution in [2.75, 3.05) is 14.1 Å². The minimum atomic E-state index is -1.09. The van der Waals surface area contributed by atoms with Gasteiger partial charge in [-0.15, -0.1) is 0 Å². The van der Waals surface area contributed by atoms with E-state index >= 15 is 0 Å². The van der Waals surface area contributed by atoms with Crippen LogP contribution < -0.4 is 5.32 Å². The first-order valence-corrected chi connectivity index (χ1v) is 7.57. The molecule has 0 radical (unpaired) electrons. The van der Waals surface area contributed by atoms with Crippen molar-refractivity contribution in [1.82, 2.24) is 15.4 Å². The molecule has 0 unspecified atom stereocenters. The lowest BCUT2D eigenvalue weighted by atomic mass is 10.0. The summed E-state index contributed by atoms with van der Waals surface area (Å²) < 4.78 is 33.3. The van der Waals surface area contributed by atoms with Crippen LogP contribution in [0.5, 0.6) is 0 Å². The lowest BCUT2D eigenvalue weighted by Crippen LogP contribution is -2.39. The van der Waals surface area contributed by atoms with Gasteiger partial charge in [0, 0.05) is 5.56 Å². The Morgan fingerprint density at radius 1 is 1.21 bits per heavy atom. The Kier molecular flexibility index (Phi) is 5.33. The monoisotopic (exact) mass is 337 g/mol. The Morgan fingerprint density at radius 2 is 1.79 bits per heavy atom. The van der Waals surface area contributed by atoms with Crippen LogP contribution in [-0.2, 0) is 4.79 Å². The summed E-state index contributed by atoms with van der Waals surface area (Å²) in [4.78, 5) is 14.1. The van der Waals surface area contributed by atoms with E-state index in [-0.39, 0.29) is 5.56 Å². The van der Waals surface area contributed by atoms with Crippen LogP contribution in [0.1, 0.15) is 41.6 Å². The van der Waals surface area contributed by atoms with E-state index in [0.29, 0.717) is 11.5 Å². The molecule has 1 amide bonds. The fourth-order valence-electron chi connectivity index (χ4n) is 2.87. The SMILES string of the molecule is Cc1noc(C)c1[C@H](C)NC(=O)[C@H](c1c(F)cccc1F)N(C)C. The Balaban J connectivity index is 2.31. The highest BCUT2D eigenvalue weighted by atomic mass is 19.1. The van der Waals surface area contributed by atoms with Crippen molar-refractivity contribution in [2.45, 2.75) is 32.9 Å². The predicted molar refractivity (Wildman–Crippen MR) is 85.3 cm³/mol. The first kappa shape index (κ1) is 18.1. The zero-order valence-electron chi connectivity index (χ0n) is 14.4. The highest BCUT2D eigenvalue weighted by Gasteiger charge is 2.30. The first-order valence-electron chi connectivity index (χ1n) is 7.57. The highest BCUT2D eigenvalue weighted by molar-refractivity contribution is 5.83. The second-order valence-electron chi connectivity index (χ2n) is 5.97. The number of nitrogens with zero attached hydrogens (tertiary/aromatic N) is 2. The van der Waals surface area contributed by atoms with Crippen LogP contribution in [0.4, 0.5) is 8.78 Å². The summed E-state index contributed by atoms with van der Waals surface area (Å²) >= 11 is 0. The maximum absolute atomic E-state index is 14.1. The molecule has 2 aromatic rings. The summed E-state index contributed by atoms with van der Waals surface area (Å²) in [7, 11) is 3.19. The van der Waals surface area contributed by atoms with Gasteiger partial charge in [0.2, 0.25) is 5.91 Å². The number of rotatable bonds is 5. The molecule has 2 atom stereocenters.